The van der Waals surface area contributed by atoms with E-state index in [2.05, 4.69) is 36.5 Å². The normalized spacial score (nSPS) is 17.7. The summed E-state index contributed by atoms with van der Waals surface area (Å²) in [5.74, 6) is 0. The number of nitrogens with one attached hydrogen (secondary N) is 1. The molecule has 1 aliphatic carbocycles. The number of rotatable bonds is 5. The molecule has 1 aliphatic rings. The van der Waals surface area contributed by atoms with Crippen molar-refractivity contribution in [1.82, 2.24) is 5.32 Å². The molecule has 0 radical (unpaired) electrons. The molecule has 1 aromatic carbocycles. The zero-order valence-electron chi connectivity index (χ0n) is 9.29. The molecule has 0 bridgehead atoms. The number of aryl methyl sites for hydroxylation is 1. The van der Waals surface area contributed by atoms with Crippen LogP contribution in [0.25, 0.3) is 0 Å². The van der Waals surface area contributed by atoms with Crippen molar-refractivity contribution in [2.75, 3.05) is 6.61 Å². The Labute approximate surface area is 91.3 Å². The molecule has 0 aliphatic heterocycles. The first-order chi connectivity index (χ1) is 7.28. The van der Waals surface area contributed by atoms with Gasteiger partial charge in [-0.2, -0.15) is 0 Å². The summed E-state index contributed by atoms with van der Waals surface area (Å²) in [7, 11) is 0. The van der Waals surface area contributed by atoms with Gasteiger partial charge in [0.05, 0.1) is 6.61 Å². The van der Waals surface area contributed by atoms with Gasteiger partial charge in [-0.1, -0.05) is 31.2 Å². The maximum atomic E-state index is 9.15. The highest BCUT2D eigenvalue weighted by Gasteiger charge is 2.41. The quantitative estimate of drug-likeness (QED) is 0.769. The molecule has 0 spiro atoms. The topological polar surface area (TPSA) is 32.3 Å². The molecule has 1 aromatic rings. The van der Waals surface area contributed by atoms with Crippen LogP contribution in [-0.2, 0) is 13.0 Å². The third-order valence-electron chi connectivity index (χ3n) is 3.25. The van der Waals surface area contributed by atoms with E-state index < -0.39 is 0 Å². The summed E-state index contributed by atoms with van der Waals surface area (Å²) in [5.41, 5.74) is 2.72. The van der Waals surface area contributed by atoms with Crippen molar-refractivity contribution in [3.05, 3.63) is 35.4 Å². The van der Waals surface area contributed by atoms with E-state index in [9.17, 15) is 0 Å². The number of hydrogen-bond acceptors (Lipinski definition) is 2. The van der Waals surface area contributed by atoms with Crippen LogP contribution in [0.15, 0.2) is 24.3 Å². The van der Waals surface area contributed by atoms with Crippen molar-refractivity contribution < 1.29 is 5.11 Å². The fourth-order valence-corrected chi connectivity index (χ4v) is 1.72. The van der Waals surface area contributed by atoms with E-state index in [-0.39, 0.29) is 12.1 Å². The fraction of sp³-hybridized carbons (Fsp3) is 0.538. The van der Waals surface area contributed by atoms with Crippen LogP contribution < -0.4 is 5.32 Å². The number of aliphatic hydroxyl groups excluding tert-OH is 1. The molecule has 1 saturated carbocycles. The fourth-order valence-electron chi connectivity index (χ4n) is 1.72. The molecule has 0 amide bonds. The molecule has 0 atom stereocenters. The lowest BCUT2D eigenvalue weighted by molar-refractivity contribution is 0.229. The van der Waals surface area contributed by atoms with Crippen LogP contribution in [0.3, 0.4) is 0 Å². The average Bonchev–Trinajstić information content (AvgIpc) is 3.08. The summed E-state index contributed by atoms with van der Waals surface area (Å²) < 4.78 is 0. The van der Waals surface area contributed by atoms with Gasteiger partial charge in [0.25, 0.3) is 0 Å². The SMILES string of the molecule is CCc1ccc(CNC2(CO)CC2)cc1. The van der Waals surface area contributed by atoms with Crippen molar-refractivity contribution in [2.24, 2.45) is 0 Å². The van der Waals surface area contributed by atoms with Crippen molar-refractivity contribution in [3.8, 4) is 0 Å². The summed E-state index contributed by atoms with van der Waals surface area (Å²) >= 11 is 0. The first kappa shape index (κ1) is 10.7. The van der Waals surface area contributed by atoms with Gasteiger partial charge < -0.3 is 10.4 Å². The third kappa shape index (κ3) is 2.58. The Morgan fingerprint density at radius 3 is 2.27 bits per heavy atom. The minimum atomic E-state index is 0.0451. The Bertz CT molecular complexity index is 314. The minimum Gasteiger partial charge on any atom is -0.394 e. The molecule has 0 heterocycles. The Balaban J connectivity index is 1.88. The van der Waals surface area contributed by atoms with Crippen LogP contribution in [0.5, 0.6) is 0 Å². The van der Waals surface area contributed by atoms with E-state index >= 15 is 0 Å². The highest BCUT2D eigenvalue weighted by atomic mass is 16.3. The van der Waals surface area contributed by atoms with Crippen molar-refractivity contribution in [3.63, 3.8) is 0 Å². The second-order valence-corrected chi connectivity index (χ2v) is 4.46. The smallest absolute Gasteiger partial charge is 0.0613 e. The number of benzene rings is 1. The lowest BCUT2D eigenvalue weighted by atomic mass is 10.1. The van der Waals surface area contributed by atoms with E-state index in [1.807, 2.05) is 0 Å². The van der Waals surface area contributed by atoms with Gasteiger partial charge in [-0.3, -0.25) is 0 Å². The molecule has 2 rings (SSSR count). The Hall–Kier alpha value is -0.860. The molecule has 2 nitrogen and oxygen atoms in total. The summed E-state index contributed by atoms with van der Waals surface area (Å²) in [6, 6.07) is 8.68. The van der Waals surface area contributed by atoms with Gasteiger partial charge in [0.1, 0.15) is 0 Å². The van der Waals surface area contributed by atoms with Crippen LogP contribution in [0.2, 0.25) is 0 Å². The van der Waals surface area contributed by atoms with Gasteiger partial charge in [-0.15, -0.1) is 0 Å². The van der Waals surface area contributed by atoms with Crippen molar-refractivity contribution in [2.45, 2.75) is 38.3 Å². The molecule has 0 unspecified atom stereocenters. The summed E-state index contributed by atoms with van der Waals surface area (Å²) in [4.78, 5) is 0. The Morgan fingerprint density at radius 1 is 1.20 bits per heavy atom. The minimum absolute atomic E-state index is 0.0451. The maximum absolute atomic E-state index is 9.15. The first-order valence-corrected chi connectivity index (χ1v) is 5.72. The van der Waals surface area contributed by atoms with Gasteiger partial charge in [0.15, 0.2) is 0 Å². The summed E-state index contributed by atoms with van der Waals surface area (Å²) in [5, 5.41) is 12.6. The van der Waals surface area contributed by atoms with E-state index in [1.54, 1.807) is 0 Å². The molecule has 1 fully saturated rings. The largest absolute Gasteiger partial charge is 0.394 e. The van der Waals surface area contributed by atoms with Gasteiger partial charge in [-0.05, 0) is 30.4 Å². The van der Waals surface area contributed by atoms with Crippen LogP contribution in [0, 0.1) is 0 Å². The zero-order valence-corrected chi connectivity index (χ0v) is 9.29. The third-order valence-corrected chi connectivity index (χ3v) is 3.25. The highest BCUT2D eigenvalue weighted by Crippen LogP contribution is 2.34. The lowest BCUT2D eigenvalue weighted by Crippen LogP contribution is -2.34. The highest BCUT2D eigenvalue weighted by molar-refractivity contribution is 5.22. The van der Waals surface area contributed by atoms with Crippen molar-refractivity contribution >= 4 is 0 Å². The molecule has 2 heteroatoms. The molecule has 15 heavy (non-hydrogen) atoms. The second-order valence-electron chi connectivity index (χ2n) is 4.46. The zero-order chi connectivity index (χ0) is 10.7. The van der Waals surface area contributed by atoms with E-state index in [0.717, 1.165) is 25.8 Å². The average molecular weight is 205 g/mol. The van der Waals surface area contributed by atoms with Gasteiger partial charge in [-0.25, -0.2) is 0 Å². The monoisotopic (exact) mass is 205 g/mol. The van der Waals surface area contributed by atoms with Crippen LogP contribution in [0.4, 0.5) is 0 Å². The molecule has 82 valence electrons. The van der Waals surface area contributed by atoms with Gasteiger partial charge in [0.2, 0.25) is 0 Å². The summed E-state index contributed by atoms with van der Waals surface area (Å²) in [6.07, 6.45) is 3.31. The second kappa shape index (κ2) is 4.33. The number of aliphatic hydroxyl groups is 1. The van der Waals surface area contributed by atoms with Crippen molar-refractivity contribution in [1.29, 1.82) is 0 Å². The van der Waals surface area contributed by atoms with Crippen LogP contribution in [0.1, 0.15) is 30.9 Å². The van der Waals surface area contributed by atoms with Crippen LogP contribution in [-0.4, -0.2) is 17.3 Å². The molecule has 0 aromatic heterocycles. The predicted octanol–water partition coefficient (Wildman–Crippen LogP) is 1.86. The Kier molecular flexibility index (Phi) is 3.08. The Morgan fingerprint density at radius 2 is 1.80 bits per heavy atom. The molecule has 0 saturated heterocycles. The first-order valence-electron chi connectivity index (χ1n) is 5.72. The predicted molar refractivity (Wildman–Crippen MR) is 61.7 cm³/mol. The number of hydrogen-bond donors (Lipinski definition) is 2. The molecular weight excluding hydrogens is 186 g/mol. The molecular formula is C13H19NO. The standard InChI is InChI=1S/C13H19NO/c1-2-11-3-5-12(6-4-11)9-14-13(10-15)7-8-13/h3-6,14-15H,2,7-10H2,1H3. The molecule has 2 N–H and O–H groups in total. The van der Waals surface area contributed by atoms with Crippen LogP contribution >= 0.6 is 0 Å². The van der Waals surface area contributed by atoms with E-state index in [1.165, 1.54) is 11.1 Å². The lowest BCUT2D eigenvalue weighted by Gasteiger charge is -2.14. The van der Waals surface area contributed by atoms with E-state index in [4.69, 9.17) is 5.11 Å². The summed E-state index contributed by atoms with van der Waals surface area (Å²) in [6.45, 7) is 3.29. The van der Waals surface area contributed by atoms with Gasteiger partial charge >= 0.3 is 0 Å². The van der Waals surface area contributed by atoms with E-state index in [0.29, 0.717) is 0 Å². The van der Waals surface area contributed by atoms with Gasteiger partial charge in [0, 0.05) is 12.1 Å². The maximum Gasteiger partial charge on any atom is 0.0613 e.